The second kappa shape index (κ2) is 10.1. The van der Waals surface area contributed by atoms with E-state index in [-0.39, 0.29) is 22.9 Å². The number of hydrogen-bond donors (Lipinski definition) is 1. The van der Waals surface area contributed by atoms with Gasteiger partial charge in [0.25, 0.3) is 5.91 Å². The number of nitrogens with zero attached hydrogens (tertiary/aromatic N) is 4. The average Bonchev–Trinajstić information content (AvgIpc) is 3.36. The van der Waals surface area contributed by atoms with Crippen LogP contribution in [0.1, 0.15) is 21.5 Å². The maximum atomic E-state index is 12.8. The number of amides is 1. The molecular formula is C26H19N5O5S. The molecule has 0 radical (unpaired) electrons. The number of fused-ring (bicyclic) bond motifs is 1. The number of thioether (sulfide) groups is 1. The van der Waals surface area contributed by atoms with Crippen LogP contribution in [0.25, 0.3) is 6.08 Å². The van der Waals surface area contributed by atoms with Crippen LogP contribution in [0, 0.1) is 5.41 Å². The van der Waals surface area contributed by atoms with Gasteiger partial charge >= 0.3 is 5.97 Å². The number of carbonyl (C=O) groups is 2. The highest BCUT2D eigenvalue weighted by atomic mass is 32.2. The second-order valence-electron chi connectivity index (χ2n) is 7.70. The largest absolute Gasteiger partial charge is 0.497 e. The van der Waals surface area contributed by atoms with Crippen molar-refractivity contribution in [3.63, 3.8) is 0 Å². The van der Waals surface area contributed by atoms with Crippen molar-refractivity contribution in [2.45, 2.75) is 0 Å². The standard InChI is InChI=1S/C26H19N5O5S/c1-34-18-8-6-16(7-9-18)25(33)36-20-10-5-15(13-21(20)35-2)12-19-22(27)31-26(29-23(19)32)37-24(30-31)17-4-3-11-28-14-17/h3-14,27H,1-2H3. The monoisotopic (exact) mass is 513 g/mol. The number of esters is 1. The number of methoxy groups -OCH3 is 2. The van der Waals surface area contributed by atoms with E-state index in [1.54, 1.807) is 68.0 Å². The number of pyridine rings is 1. The minimum absolute atomic E-state index is 0.0607. The zero-order valence-electron chi connectivity index (χ0n) is 19.7. The van der Waals surface area contributed by atoms with E-state index in [1.165, 1.54) is 30.0 Å². The summed E-state index contributed by atoms with van der Waals surface area (Å²) in [6.07, 6.45) is 4.83. The van der Waals surface area contributed by atoms with E-state index in [0.29, 0.717) is 27.1 Å². The van der Waals surface area contributed by atoms with Gasteiger partial charge in [0, 0.05) is 18.0 Å². The first kappa shape index (κ1) is 23.9. The number of hydrazone groups is 1. The zero-order chi connectivity index (χ0) is 25.9. The highest BCUT2D eigenvalue weighted by molar-refractivity contribution is 8.27. The third-order valence-electron chi connectivity index (χ3n) is 5.39. The molecule has 10 nitrogen and oxygen atoms in total. The van der Waals surface area contributed by atoms with E-state index in [9.17, 15) is 9.59 Å². The fraction of sp³-hybridized carbons (Fsp3) is 0.0769. The molecule has 37 heavy (non-hydrogen) atoms. The zero-order valence-corrected chi connectivity index (χ0v) is 20.5. The molecule has 2 aliphatic heterocycles. The first-order chi connectivity index (χ1) is 18.0. The third-order valence-corrected chi connectivity index (χ3v) is 6.35. The van der Waals surface area contributed by atoms with E-state index in [4.69, 9.17) is 19.6 Å². The van der Waals surface area contributed by atoms with Gasteiger partial charge in [-0.25, -0.2) is 4.79 Å². The summed E-state index contributed by atoms with van der Waals surface area (Å²) >= 11 is 1.20. The Bertz CT molecular complexity index is 1500. The summed E-state index contributed by atoms with van der Waals surface area (Å²) < 4.78 is 16.0. The maximum Gasteiger partial charge on any atom is 0.343 e. The maximum absolute atomic E-state index is 12.8. The molecule has 0 atom stereocenters. The van der Waals surface area contributed by atoms with Crippen molar-refractivity contribution in [3.8, 4) is 17.2 Å². The molecule has 5 rings (SSSR count). The number of hydrogen-bond acceptors (Lipinski definition) is 9. The molecule has 11 heteroatoms. The van der Waals surface area contributed by atoms with Crippen LogP contribution in [0.15, 0.2) is 82.7 Å². The molecule has 2 aliphatic rings. The average molecular weight is 514 g/mol. The van der Waals surface area contributed by atoms with Crippen molar-refractivity contribution in [1.29, 1.82) is 5.41 Å². The smallest absolute Gasteiger partial charge is 0.343 e. The fourth-order valence-electron chi connectivity index (χ4n) is 3.51. The topological polar surface area (TPSA) is 127 Å². The molecule has 0 saturated heterocycles. The number of aromatic nitrogens is 1. The van der Waals surface area contributed by atoms with Crippen LogP contribution in [-0.4, -0.2) is 52.1 Å². The van der Waals surface area contributed by atoms with Crippen LogP contribution in [-0.2, 0) is 4.79 Å². The molecular weight excluding hydrogens is 494 g/mol. The van der Waals surface area contributed by atoms with Crippen LogP contribution in [0.4, 0.5) is 0 Å². The third kappa shape index (κ3) is 4.84. The lowest BCUT2D eigenvalue weighted by molar-refractivity contribution is -0.114. The fourth-order valence-corrected chi connectivity index (χ4v) is 4.39. The minimum atomic E-state index is -0.563. The lowest BCUT2D eigenvalue weighted by atomic mass is 10.1. The summed E-state index contributed by atoms with van der Waals surface area (Å²) in [6.45, 7) is 0. The van der Waals surface area contributed by atoms with Crippen molar-refractivity contribution in [1.82, 2.24) is 9.99 Å². The summed E-state index contributed by atoms with van der Waals surface area (Å²) in [4.78, 5) is 33.5. The Kier molecular flexibility index (Phi) is 6.52. The number of amidine groups is 2. The molecule has 1 aromatic heterocycles. The summed E-state index contributed by atoms with van der Waals surface area (Å²) in [5.41, 5.74) is 1.72. The summed E-state index contributed by atoms with van der Waals surface area (Å²) in [6, 6.07) is 15.0. The van der Waals surface area contributed by atoms with Crippen LogP contribution < -0.4 is 14.2 Å². The SMILES string of the molecule is COc1ccc(C(=O)Oc2ccc(C=C3C(=N)N4N=C(c5cccnc5)SC4=NC3=O)cc2OC)cc1. The van der Waals surface area contributed by atoms with Gasteiger partial charge < -0.3 is 14.2 Å². The van der Waals surface area contributed by atoms with Gasteiger partial charge in [-0.2, -0.15) is 15.1 Å². The van der Waals surface area contributed by atoms with Gasteiger partial charge in [-0.1, -0.05) is 6.07 Å². The highest BCUT2D eigenvalue weighted by Crippen LogP contribution is 2.33. The van der Waals surface area contributed by atoms with Gasteiger partial charge in [-0.15, -0.1) is 0 Å². The van der Waals surface area contributed by atoms with Gasteiger partial charge in [0.05, 0.1) is 25.4 Å². The Hall–Kier alpha value is -4.77. The summed E-state index contributed by atoms with van der Waals surface area (Å²) in [5, 5.41) is 15.2. The molecule has 0 aliphatic carbocycles. The number of aliphatic imine (C=N–C) groups is 1. The molecule has 0 unspecified atom stereocenters. The van der Waals surface area contributed by atoms with Crippen molar-refractivity contribution in [2.75, 3.05) is 14.2 Å². The predicted octanol–water partition coefficient (Wildman–Crippen LogP) is 3.99. The van der Waals surface area contributed by atoms with Crippen LogP contribution in [0.2, 0.25) is 0 Å². The van der Waals surface area contributed by atoms with E-state index >= 15 is 0 Å². The van der Waals surface area contributed by atoms with Crippen molar-refractivity contribution in [3.05, 3.63) is 89.3 Å². The number of benzene rings is 2. The first-order valence-electron chi connectivity index (χ1n) is 10.9. The van der Waals surface area contributed by atoms with Crippen LogP contribution in [0.3, 0.4) is 0 Å². The molecule has 3 heterocycles. The number of carbonyl (C=O) groups excluding carboxylic acids is 2. The minimum Gasteiger partial charge on any atom is -0.497 e. The molecule has 1 amide bonds. The molecule has 0 spiro atoms. The van der Waals surface area contributed by atoms with Crippen molar-refractivity contribution >= 4 is 45.8 Å². The quantitative estimate of drug-likeness (QED) is 0.298. The molecule has 0 fully saturated rings. The van der Waals surface area contributed by atoms with Crippen molar-refractivity contribution in [2.24, 2.45) is 10.1 Å². The second-order valence-corrected chi connectivity index (χ2v) is 8.65. The Labute approximate surface area is 215 Å². The number of rotatable bonds is 6. The lowest BCUT2D eigenvalue weighted by Gasteiger charge is -2.20. The van der Waals surface area contributed by atoms with Gasteiger partial charge in [0.2, 0.25) is 5.17 Å². The lowest BCUT2D eigenvalue weighted by Crippen LogP contribution is -2.35. The van der Waals surface area contributed by atoms with Gasteiger partial charge in [-0.3, -0.25) is 15.2 Å². The summed E-state index contributed by atoms with van der Waals surface area (Å²) in [7, 11) is 2.98. The molecule has 0 saturated carbocycles. The van der Waals surface area contributed by atoms with Crippen LogP contribution in [0.5, 0.6) is 17.2 Å². The molecule has 1 N–H and O–H groups in total. The van der Waals surface area contributed by atoms with Crippen LogP contribution >= 0.6 is 11.8 Å². The van der Waals surface area contributed by atoms with Gasteiger partial charge in [0.1, 0.15) is 10.8 Å². The Morgan fingerprint density at radius 2 is 1.86 bits per heavy atom. The Balaban J connectivity index is 1.38. The van der Waals surface area contributed by atoms with E-state index in [1.807, 2.05) is 6.07 Å². The molecule has 184 valence electrons. The van der Waals surface area contributed by atoms with E-state index in [2.05, 4.69) is 15.1 Å². The predicted molar refractivity (Wildman–Crippen MR) is 139 cm³/mol. The molecule has 3 aromatic rings. The first-order valence-corrected chi connectivity index (χ1v) is 11.7. The Morgan fingerprint density at radius 1 is 1.05 bits per heavy atom. The normalized spacial score (nSPS) is 15.7. The van der Waals surface area contributed by atoms with E-state index < -0.39 is 11.9 Å². The molecule has 0 bridgehead atoms. The molecule has 2 aromatic carbocycles. The van der Waals surface area contributed by atoms with E-state index in [0.717, 1.165) is 5.56 Å². The van der Waals surface area contributed by atoms with Crippen molar-refractivity contribution < 1.29 is 23.8 Å². The highest BCUT2D eigenvalue weighted by Gasteiger charge is 2.36. The van der Waals surface area contributed by atoms with Gasteiger partial charge in [-0.05, 0) is 71.9 Å². The number of ether oxygens (including phenoxy) is 3. The van der Waals surface area contributed by atoms with Gasteiger partial charge in [0.15, 0.2) is 17.3 Å². The Morgan fingerprint density at radius 3 is 2.57 bits per heavy atom. The summed E-state index contributed by atoms with van der Waals surface area (Å²) in [5.74, 6) is -0.110. The number of nitrogens with one attached hydrogen (secondary N) is 1.